The zero-order chi connectivity index (χ0) is 26.6. The number of pyridine rings is 1. The van der Waals surface area contributed by atoms with Crippen molar-refractivity contribution in [1.82, 2.24) is 9.58 Å². The van der Waals surface area contributed by atoms with Gasteiger partial charge in [-0.2, -0.15) is 0 Å². The zero-order valence-electron chi connectivity index (χ0n) is 20.8. The number of hydrogen-bond acceptors (Lipinski definition) is 6. The van der Waals surface area contributed by atoms with Gasteiger partial charge in [0.2, 0.25) is 5.43 Å². The van der Waals surface area contributed by atoms with Crippen LogP contribution in [-0.4, -0.2) is 45.0 Å². The first kappa shape index (κ1) is 23.5. The van der Waals surface area contributed by atoms with Crippen molar-refractivity contribution in [1.29, 1.82) is 0 Å². The summed E-state index contributed by atoms with van der Waals surface area (Å²) in [6.07, 6.45) is 4.50. The number of ether oxygens (including phenoxy) is 1. The Morgan fingerprint density at radius 2 is 1.87 bits per heavy atom. The third kappa shape index (κ3) is 3.12. The van der Waals surface area contributed by atoms with Gasteiger partial charge in [-0.15, -0.1) is 11.8 Å². The van der Waals surface area contributed by atoms with E-state index in [1.54, 1.807) is 21.3 Å². The van der Waals surface area contributed by atoms with Crippen LogP contribution in [0, 0.1) is 17.6 Å². The molecule has 200 valence electrons. The fraction of sp³-hybridized carbons (Fsp3) is 0.379. The van der Waals surface area contributed by atoms with Gasteiger partial charge in [0.25, 0.3) is 5.91 Å². The Bertz CT molecular complexity index is 1630. The first-order valence-electron chi connectivity index (χ1n) is 13.3. The van der Waals surface area contributed by atoms with Gasteiger partial charge in [0.15, 0.2) is 23.1 Å². The SMILES string of the molecule is O=C1c2c(O)c(=O)ccn2N(C2c3cc(F)c(F)cc3CSc3ccccc32)[C@@H]2[C@H]3C[C@@H]4CC[C@@]3(CCN12)O4. The third-order valence-electron chi connectivity index (χ3n) is 9.31. The summed E-state index contributed by atoms with van der Waals surface area (Å²) in [6, 6.07) is 10.9. The highest BCUT2D eigenvalue weighted by molar-refractivity contribution is 7.98. The number of aromatic nitrogens is 1. The largest absolute Gasteiger partial charge is 0.502 e. The second-order valence-corrected chi connectivity index (χ2v) is 12.2. The fourth-order valence-corrected chi connectivity index (χ4v) is 8.72. The number of piperidine rings is 1. The molecule has 8 rings (SSSR count). The van der Waals surface area contributed by atoms with E-state index in [0.29, 0.717) is 29.8 Å². The van der Waals surface area contributed by atoms with Crippen LogP contribution in [0.3, 0.4) is 0 Å². The molecule has 0 saturated carbocycles. The van der Waals surface area contributed by atoms with Crippen molar-refractivity contribution in [3.63, 3.8) is 0 Å². The number of aromatic hydroxyl groups is 1. The number of amides is 1. The molecule has 1 amide bonds. The van der Waals surface area contributed by atoms with Crippen LogP contribution in [-0.2, 0) is 10.5 Å². The van der Waals surface area contributed by atoms with Gasteiger partial charge in [-0.1, -0.05) is 18.2 Å². The topological polar surface area (TPSA) is 75.0 Å². The lowest BCUT2D eigenvalue weighted by molar-refractivity contribution is -0.0756. The molecule has 1 N–H and O–H groups in total. The molecule has 3 aromatic rings. The second kappa shape index (κ2) is 8.08. The van der Waals surface area contributed by atoms with E-state index >= 15 is 0 Å². The summed E-state index contributed by atoms with van der Waals surface area (Å²) in [5.41, 5.74) is 1.01. The maximum Gasteiger partial charge on any atom is 0.278 e. The van der Waals surface area contributed by atoms with E-state index in [4.69, 9.17) is 4.74 Å². The lowest BCUT2D eigenvalue weighted by Crippen LogP contribution is -2.70. The van der Waals surface area contributed by atoms with Crippen LogP contribution in [0.15, 0.2) is 58.4 Å². The average Bonchev–Trinajstić information content (AvgIpc) is 3.47. The highest BCUT2D eigenvalue weighted by atomic mass is 32.2. The van der Waals surface area contributed by atoms with E-state index in [0.717, 1.165) is 29.7 Å². The van der Waals surface area contributed by atoms with Crippen molar-refractivity contribution in [2.75, 3.05) is 11.6 Å². The molecule has 39 heavy (non-hydrogen) atoms. The van der Waals surface area contributed by atoms with Crippen LogP contribution >= 0.6 is 11.8 Å². The molecule has 2 bridgehead atoms. The van der Waals surface area contributed by atoms with Gasteiger partial charge in [-0.25, -0.2) is 8.78 Å². The van der Waals surface area contributed by atoms with Crippen LogP contribution in [0.2, 0.25) is 0 Å². The predicted octanol–water partition coefficient (Wildman–Crippen LogP) is 4.29. The van der Waals surface area contributed by atoms with Gasteiger partial charge >= 0.3 is 0 Å². The monoisotopic (exact) mass is 549 g/mol. The second-order valence-electron chi connectivity index (χ2n) is 11.1. The molecule has 0 radical (unpaired) electrons. The van der Waals surface area contributed by atoms with E-state index in [9.17, 15) is 23.5 Å². The molecular weight excluding hydrogens is 524 g/mol. The van der Waals surface area contributed by atoms with E-state index in [2.05, 4.69) is 0 Å². The van der Waals surface area contributed by atoms with Crippen molar-refractivity contribution >= 4 is 17.7 Å². The minimum atomic E-state index is -0.945. The Balaban J connectivity index is 1.43. The van der Waals surface area contributed by atoms with Gasteiger partial charge in [0.1, 0.15) is 6.17 Å². The normalized spacial score (nSPS) is 30.3. The summed E-state index contributed by atoms with van der Waals surface area (Å²) in [7, 11) is 0. The molecule has 5 aliphatic rings. The van der Waals surface area contributed by atoms with E-state index in [1.165, 1.54) is 24.4 Å². The molecule has 1 spiro atoms. The molecule has 0 aliphatic carbocycles. The number of fused-ring (bicyclic) bond motifs is 6. The summed E-state index contributed by atoms with van der Waals surface area (Å²) in [5.74, 6) is -2.46. The molecule has 7 nitrogen and oxygen atoms in total. The Morgan fingerprint density at radius 1 is 1.05 bits per heavy atom. The summed E-state index contributed by atoms with van der Waals surface area (Å²) in [5, 5.41) is 12.9. The number of rotatable bonds is 1. The Labute approximate surface area is 227 Å². The summed E-state index contributed by atoms with van der Waals surface area (Å²) in [6.45, 7) is 0.402. The Morgan fingerprint density at radius 3 is 2.72 bits per heavy atom. The fourth-order valence-electron chi connectivity index (χ4n) is 7.64. The van der Waals surface area contributed by atoms with Gasteiger partial charge in [-0.3, -0.25) is 19.3 Å². The number of benzene rings is 2. The summed E-state index contributed by atoms with van der Waals surface area (Å²) < 4.78 is 37.6. The number of carbonyl (C=O) groups excluding carboxylic acids is 1. The van der Waals surface area contributed by atoms with Gasteiger partial charge in [0, 0.05) is 35.4 Å². The minimum Gasteiger partial charge on any atom is -0.502 e. The maximum atomic E-state index is 14.9. The number of carbonyl (C=O) groups is 1. The van der Waals surface area contributed by atoms with Crippen LogP contribution in [0.1, 0.15) is 58.9 Å². The Kier molecular flexibility index (Phi) is 4.87. The molecule has 10 heteroatoms. The molecule has 3 fully saturated rings. The standard InChI is InChI=1S/C29H25F2N3O4S/c30-20-11-15-14-39-23-4-2-1-3-17(23)24(18(15)13-21(20)31)34-27-19-12-16-5-7-29(19,38-16)8-10-32(27)28(37)25-26(36)22(35)6-9-33(25)34/h1-4,6,9,11,13,16,19,24,27,36H,5,7-8,10,12,14H2/t16-,19+,24?,27+,29-/m0/s1. The molecular formula is C29H25F2N3O4S. The number of halogens is 2. The minimum absolute atomic E-state index is 0.0273. The molecule has 1 unspecified atom stereocenters. The van der Waals surface area contributed by atoms with Crippen LogP contribution in [0.4, 0.5) is 8.78 Å². The summed E-state index contributed by atoms with van der Waals surface area (Å²) >= 11 is 1.55. The number of hydrogen-bond donors (Lipinski definition) is 1. The quantitative estimate of drug-likeness (QED) is 0.488. The van der Waals surface area contributed by atoms with Gasteiger partial charge < -0.3 is 14.7 Å². The lowest BCUT2D eigenvalue weighted by Gasteiger charge is -2.57. The van der Waals surface area contributed by atoms with E-state index in [-0.39, 0.29) is 23.3 Å². The third-order valence-corrected chi connectivity index (χ3v) is 10.5. The molecule has 2 aromatic carbocycles. The average molecular weight is 550 g/mol. The predicted molar refractivity (Wildman–Crippen MR) is 139 cm³/mol. The first-order chi connectivity index (χ1) is 18.9. The van der Waals surface area contributed by atoms with Crippen molar-refractivity contribution < 1.29 is 23.4 Å². The van der Waals surface area contributed by atoms with Crippen molar-refractivity contribution in [2.24, 2.45) is 5.92 Å². The highest BCUT2D eigenvalue weighted by Crippen LogP contribution is 2.57. The van der Waals surface area contributed by atoms with Gasteiger partial charge in [-0.05, 0) is 60.6 Å². The van der Waals surface area contributed by atoms with Gasteiger partial charge in [0.05, 0.1) is 17.7 Å². The summed E-state index contributed by atoms with van der Waals surface area (Å²) in [4.78, 5) is 29.2. The molecule has 5 aliphatic heterocycles. The van der Waals surface area contributed by atoms with Crippen LogP contribution in [0.25, 0.3) is 0 Å². The van der Waals surface area contributed by atoms with Crippen LogP contribution in [0.5, 0.6) is 5.75 Å². The van der Waals surface area contributed by atoms with Crippen LogP contribution < -0.4 is 10.4 Å². The lowest BCUT2D eigenvalue weighted by atomic mass is 9.71. The Hall–Kier alpha value is -3.37. The smallest absolute Gasteiger partial charge is 0.278 e. The molecule has 6 heterocycles. The zero-order valence-corrected chi connectivity index (χ0v) is 21.7. The number of nitrogens with zero attached hydrogens (tertiary/aromatic N) is 3. The van der Waals surface area contributed by atoms with Crippen molar-refractivity contribution in [3.05, 3.63) is 92.9 Å². The van der Waals surface area contributed by atoms with E-state index < -0.39 is 40.9 Å². The number of thioether (sulfide) groups is 1. The molecule has 5 atom stereocenters. The molecule has 1 aromatic heterocycles. The maximum absolute atomic E-state index is 14.9. The molecule has 3 saturated heterocycles. The first-order valence-corrected chi connectivity index (χ1v) is 14.3. The van der Waals surface area contributed by atoms with E-state index in [1.807, 2.05) is 29.3 Å². The van der Waals surface area contributed by atoms with Crippen molar-refractivity contribution in [3.8, 4) is 5.75 Å². The van der Waals surface area contributed by atoms with Crippen molar-refractivity contribution in [2.45, 2.75) is 60.2 Å². The highest BCUT2D eigenvalue weighted by Gasteiger charge is 2.63.